The van der Waals surface area contributed by atoms with E-state index in [1.165, 1.54) is 12.1 Å². The Morgan fingerprint density at radius 1 is 1.33 bits per heavy atom. The summed E-state index contributed by atoms with van der Waals surface area (Å²) in [4.78, 5) is 4.40. The molecule has 5 heteroatoms. The Morgan fingerprint density at radius 2 is 2.17 bits per heavy atom. The summed E-state index contributed by atoms with van der Waals surface area (Å²) in [7, 11) is 0. The van der Waals surface area contributed by atoms with Gasteiger partial charge < -0.3 is 9.84 Å². The molecule has 1 aromatic heterocycles. The smallest absolute Gasteiger partial charge is 0.231 e. The van der Waals surface area contributed by atoms with Crippen molar-refractivity contribution in [1.82, 2.24) is 15.5 Å². The predicted octanol–water partition coefficient (Wildman–Crippen LogP) is 1.88. The fraction of sp³-hybridized carbons (Fsp3) is 0.385. The number of rotatable bonds is 3. The lowest BCUT2D eigenvalue weighted by molar-refractivity contribution is 0.376. The molecule has 0 radical (unpaired) electrons. The molecule has 1 unspecified atom stereocenters. The number of halogens is 1. The monoisotopic (exact) mass is 247 g/mol. The van der Waals surface area contributed by atoms with Gasteiger partial charge in [0.15, 0.2) is 5.82 Å². The highest BCUT2D eigenvalue weighted by molar-refractivity contribution is 5.19. The van der Waals surface area contributed by atoms with E-state index in [0.29, 0.717) is 18.2 Å². The van der Waals surface area contributed by atoms with Crippen LogP contribution in [0.5, 0.6) is 0 Å². The van der Waals surface area contributed by atoms with E-state index in [1.807, 2.05) is 0 Å². The van der Waals surface area contributed by atoms with Crippen molar-refractivity contribution in [2.45, 2.75) is 18.8 Å². The van der Waals surface area contributed by atoms with Gasteiger partial charge >= 0.3 is 0 Å². The maximum atomic E-state index is 12.8. The molecule has 0 spiro atoms. The summed E-state index contributed by atoms with van der Waals surface area (Å²) in [6.07, 6.45) is 1.60. The Hall–Kier alpha value is -1.75. The van der Waals surface area contributed by atoms with E-state index in [1.54, 1.807) is 12.1 Å². The first kappa shape index (κ1) is 11.3. The Bertz CT molecular complexity index is 517. The molecule has 3 rings (SSSR count). The summed E-state index contributed by atoms with van der Waals surface area (Å²) in [5, 5.41) is 7.28. The Kier molecular flexibility index (Phi) is 3.06. The lowest BCUT2D eigenvalue weighted by Crippen LogP contribution is -2.08. The lowest BCUT2D eigenvalue weighted by Gasteiger charge is -1.99. The summed E-state index contributed by atoms with van der Waals surface area (Å²) in [6, 6.07) is 6.34. The third kappa shape index (κ3) is 2.41. The molecule has 2 heterocycles. The van der Waals surface area contributed by atoms with E-state index in [4.69, 9.17) is 4.52 Å². The highest BCUT2D eigenvalue weighted by Crippen LogP contribution is 2.20. The van der Waals surface area contributed by atoms with Crippen molar-refractivity contribution in [2.24, 2.45) is 0 Å². The van der Waals surface area contributed by atoms with Crippen molar-refractivity contribution >= 4 is 0 Å². The first-order valence-corrected chi connectivity index (χ1v) is 6.09. The Balaban J connectivity index is 1.71. The van der Waals surface area contributed by atoms with Crippen LogP contribution < -0.4 is 5.32 Å². The fourth-order valence-electron chi connectivity index (χ4n) is 2.16. The van der Waals surface area contributed by atoms with E-state index < -0.39 is 0 Å². The van der Waals surface area contributed by atoms with Crippen molar-refractivity contribution in [3.05, 3.63) is 47.4 Å². The van der Waals surface area contributed by atoms with Crippen molar-refractivity contribution < 1.29 is 8.91 Å². The van der Waals surface area contributed by atoms with E-state index in [9.17, 15) is 4.39 Å². The second kappa shape index (κ2) is 4.86. The molecule has 1 saturated heterocycles. The van der Waals surface area contributed by atoms with Crippen LogP contribution in [-0.2, 0) is 6.42 Å². The van der Waals surface area contributed by atoms with E-state index in [2.05, 4.69) is 15.5 Å². The second-order valence-electron chi connectivity index (χ2n) is 4.54. The normalized spacial score (nSPS) is 19.3. The molecule has 1 aliphatic heterocycles. The van der Waals surface area contributed by atoms with Crippen LogP contribution in [0.15, 0.2) is 28.8 Å². The molecule has 4 nitrogen and oxygen atoms in total. The van der Waals surface area contributed by atoms with Gasteiger partial charge in [-0.1, -0.05) is 17.3 Å². The first-order valence-electron chi connectivity index (χ1n) is 6.09. The molecular weight excluding hydrogens is 233 g/mol. The largest absolute Gasteiger partial charge is 0.339 e. The summed E-state index contributed by atoms with van der Waals surface area (Å²) in [6.45, 7) is 1.92. The number of aromatic nitrogens is 2. The van der Waals surface area contributed by atoms with Crippen LogP contribution in [0.1, 0.15) is 29.6 Å². The van der Waals surface area contributed by atoms with Gasteiger partial charge in [-0.25, -0.2) is 4.39 Å². The van der Waals surface area contributed by atoms with Crippen molar-refractivity contribution in [2.75, 3.05) is 13.1 Å². The summed E-state index contributed by atoms with van der Waals surface area (Å²) < 4.78 is 18.0. The van der Waals surface area contributed by atoms with Gasteiger partial charge in [-0.05, 0) is 30.7 Å². The van der Waals surface area contributed by atoms with Crippen LogP contribution in [0.4, 0.5) is 4.39 Å². The van der Waals surface area contributed by atoms with Gasteiger partial charge in [0, 0.05) is 12.5 Å². The number of hydrogen-bond donors (Lipinski definition) is 1. The minimum atomic E-state index is -0.234. The molecule has 0 aliphatic carbocycles. The van der Waals surface area contributed by atoms with Crippen molar-refractivity contribution in [1.29, 1.82) is 0 Å². The molecule has 18 heavy (non-hydrogen) atoms. The molecule has 0 bridgehead atoms. The van der Waals surface area contributed by atoms with Gasteiger partial charge in [0.1, 0.15) is 5.82 Å². The zero-order valence-corrected chi connectivity index (χ0v) is 9.90. The van der Waals surface area contributed by atoms with Crippen molar-refractivity contribution in [3.63, 3.8) is 0 Å². The van der Waals surface area contributed by atoms with Gasteiger partial charge in [-0.15, -0.1) is 0 Å². The van der Waals surface area contributed by atoms with Crippen LogP contribution in [0.3, 0.4) is 0 Å². The van der Waals surface area contributed by atoms with Crippen LogP contribution in [0.2, 0.25) is 0 Å². The molecule has 0 amide bonds. The van der Waals surface area contributed by atoms with Gasteiger partial charge in [0.05, 0.1) is 6.42 Å². The Labute approximate surface area is 104 Å². The number of nitrogens with one attached hydrogen (secondary N) is 1. The molecule has 1 aliphatic rings. The minimum Gasteiger partial charge on any atom is -0.339 e. The number of benzene rings is 1. The average molecular weight is 247 g/mol. The zero-order valence-electron chi connectivity index (χ0n) is 9.90. The zero-order chi connectivity index (χ0) is 12.4. The summed E-state index contributed by atoms with van der Waals surface area (Å²) in [5.74, 6) is 1.48. The molecule has 1 fully saturated rings. The molecule has 1 atom stereocenters. The molecule has 2 aromatic rings. The minimum absolute atomic E-state index is 0.234. The fourth-order valence-corrected chi connectivity index (χ4v) is 2.16. The first-order chi connectivity index (χ1) is 8.81. The molecule has 0 saturated carbocycles. The maximum Gasteiger partial charge on any atom is 0.231 e. The lowest BCUT2D eigenvalue weighted by atomic mass is 10.1. The van der Waals surface area contributed by atoms with Crippen LogP contribution in [-0.4, -0.2) is 23.2 Å². The van der Waals surface area contributed by atoms with Crippen LogP contribution in [0, 0.1) is 5.82 Å². The molecule has 94 valence electrons. The van der Waals surface area contributed by atoms with Crippen LogP contribution >= 0.6 is 0 Å². The van der Waals surface area contributed by atoms with E-state index >= 15 is 0 Å². The number of nitrogens with zero attached hydrogens (tertiary/aromatic N) is 2. The highest BCUT2D eigenvalue weighted by atomic mass is 19.1. The SMILES string of the molecule is Fc1ccc(Cc2nc(C3CCNC3)no2)cc1. The van der Waals surface area contributed by atoms with Crippen LogP contribution in [0.25, 0.3) is 0 Å². The Morgan fingerprint density at radius 3 is 2.89 bits per heavy atom. The number of hydrogen-bond acceptors (Lipinski definition) is 4. The summed E-state index contributed by atoms with van der Waals surface area (Å²) in [5.41, 5.74) is 0.969. The van der Waals surface area contributed by atoms with Gasteiger partial charge in [-0.3, -0.25) is 0 Å². The van der Waals surface area contributed by atoms with Gasteiger partial charge in [-0.2, -0.15) is 4.98 Å². The van der Waals surface area contributed by atoms with E-state index in [0.717, 1.165) is 30.9 Å². The quantitative estimate of drug-likeness (QED) is 0.899. The van der Waals surface area contributed by atoms with Gasteiger partial charge in [0.25, 0.3) is 0 Å². The second-order valence-corrected chi connectivity index (χ2v) is 4.54. The standard InChI is InChI=1S/C13H14FN3O/c14-11-3-1-9(2-4-11)7-12-16-13(17-18-12)10-5-6-15-8-10/h1-4,10,15H,5-8H2. The van der Waals surface area contributed by atoms with E-state index in [-0.39, 0.29) is 5.82 Å². The van der Waals surface area contributed by atoms with Gasteiger partial charge in [0.2, 0.25) is 5.89 Å². The molecular formula is C13H14FN3O. The molecule has 1 N–H and O–H groups in total. The average Bonchev–Trinajstić information content (AvgIpc) is 3.02. The highest BCUT2D eigenvalue weighted by Gasteiger charge is 2.21. The third-order valence-electron chi connectivity index (χ3n) is 3.18. The topological polar surface area (TPSA) is 51.0 Å². The maximum absolute atomic E-state index is 12.8. The van der Waals surface area contributed by atoms with Crippen molar-refractivity contribution in [3.8, 4) is 0 Å². The molecule has 1 aromatic carbocycles. The third-order valence-corrected chi connectivity index (χ3v) is 3.18. The summed E-state index contributed by atoms with van der Waals surface area (Å²) >= 11 is 0. The predicted molar refractivity (Wildman–Crippen MR) is 63.7 cm³/mol.